The van der Waals surface area contributed by atoms with Gasteiger partial charge in [-0.2, -0.15) is 0 Å². The lowest BCUT2D eigenvalue weighted by Gasteiger charge is -2.32. The molecule has 0 unspecified atom stereocenters. The Kier molecular flexibility index (Phi) is 5.73. The number of halogens is 2. The second kappa shape index (κ2) is 8.19. The van der Waals surface area contributed by atoms with Gasteiger partial charge < -0.3 is 15.5 Å². The van der Waals surface area contributed by atoms with Crippen molar-refractivity contribution in [2.45, 2.75) is 18.9 Å². The Morgan fingerprint density at radius 3 is 2.42 bits per heavy atom. The van der Waals surface area contributed by atoms with Gasteiger partial charge in [-0.15, -0.1) is 0 Å². The summed E-state index contributed by atoms with van der Waals surface area (Å²) in [6.07, 6.45) is 1.29. The first kappa shape index (κ1) is 18.2. The number of hydrogen-bond donors (Lipinski definition) is 2. The molecule has 1 fully saturated rings. The maximum atomic E-state index is 13.1. The van der Waals surface area contributed by atoms with Crippen LogP contribution >= 0.6 is 11.6 Å². The number of rotatable bonds is 3. The van der Waals surface area contributed by atoms with Crippen LogP contribution in [0.3, 0.4) is 0 Å². The predicted molar refractivity (Wildman–Crippen MR) is 98.9 cm³/mol. The molecule has 0 saturated carbocycles. The van der Waals surface area contributed by atoms with Gasteiger partial charge in [0.1, 0.15) is 5.82 Å². The van der Waals surface area contributed by atoms with Gasteiger partial charge >= 0.3 is 6.03 Å². The minimum atomic E-state index is -0.482. The number of hydrogen-bond acceptors (Lipinski definition) is 2. The summed E-state index contributed by atoms with van der Waals surface area (Å²) in [7, 11) is 0. The Hall–Kier alpha value is -2.60. The molecule has 0 atom stereocenters. The van der Waals surface area contributed by atoms with Crippen molar-refractivity contribution in [2.75, 3.05) is 18.4 Å². The summed E-state index contributed by atoms with van der Waals surface area (Å²) >= 11 is 5.92. The van der Waals surface area contributed by atoms with Crippen LogP contribution in [0, 0.1) is 5.82 Å². The Balaban J connectivity index is 1.50. The summed E-state index contributed by atoms with van der Waals surface area (Å²) in [5.74, 6) is -0.813. The molecule has 26 heavy (non-hydrogen) atoms. The molecular formula is C19H19ClFN3O2. The predicted octanol–water partition coefficient (Wildman–Crippen LogP) is 3.91. The zero-order chi connectivity index (χ0) is 18.5. The summed E-state index contributed by atoms with van der Waals surface area (Å²) in [4.78, 5) is 26.3. The van der Waals surface area contributed by atoms with Crippen LogP contribution in [0.25, 0.3) is 0 Å². The average molecular weight is 376 g/mol. The second-order valence-electron chi connectivity index (χ2n) is 6.16. The Morgan fingerprint density at radius 2 is 1.77 bits per heavy atom. The van der Waals surface area contributed by atoms with Crippen molar-refractivity contribution >= 4 is 29.2 Å². The molecule has 1 aliphatic heterocycles. The summed E-state index contributed by atoms with van der Waals surface area (Å²) in [6, 6.07) is 12.8. The smallest absolute Gasteiger partial charge is 0.321 e. The molecule has 2 N–H and O–H groups in total. The molecule has 7 heteroatoms. The van der Waals surface area contributed by atoms with Crippen molar-refractivity contribution in [2.24, 2.45) is 0 Å². The fourth-order valence-corrected chi connectivity index (χ4v) is 3.14. The average Bonchev–Trinajstić information content (AvgIpc) is 2.63. The van der Waals surface area contributed by atoms with Crippen LogP contribution in [0.4, 0.5) is 14.9 Å². The Labute approximate surface area is 156 Å². The maximum Gasteiger partial charge on any atom is 0.321 e. The fourth-order valence-electron chi connectivity index (χ4n) is 2.89. The highest BCUT2D eigenvalue weighted by Crippen LogP contribution is 2.19. The standard InChI is InChI=1S/C19H19ClFN3O2/c20-17-12-13(21)6-7-16(17)18(25)22-15-8-10-24(11-9-15)19(26)23-14-4-2-1-3-5-14/h1-7,12,15H,8-11H2,(H,22,25)(H,23,26). The lowest BCUT2D eigenvalue weighted by atomic mass is 10.0. The third-order valence-electron chi connectivity index (χ3n) is 4.32. The van der Waals surface area contributed by atoms with Crippen molar-refractivity contribution in [1.29, 1.82) is 0 Å². The SMILES string of the molecule is O=C(NC1CCN(C(=O)Nc2ccccc2)CC1)c1ccc(F)cc1Cl. The third kappa shape index (κ3) is 4.52. The molecule has 5 nitrogen and oxygen atoms in total. The first-order chi connectivity index (χ1) is 12.5. The van der Waals surface area contributed by atoms with Gasteiger partial charge in [0.05, 0.1) is 10.6 Å². The molecule has 0 spiro atoms. The highest BCUT2D eigenvalue weighted by Gasteiger charge is 2.24. The van der Waals surface area contributed by atoms with E-state index < -0.39 is 5.82 Å². The van der Waals surface area contributed by atoms with Crippen LogP contribution in [0.15, 0.2) is 48.5 Å². The number of carbonyl (C=O) groups is 2. The van der Waals surface area contributed by atoms with E-state index in [2.05, 4.69) is 10.6 Å². The minimum Gasteiger partial charge on any atom is -0.349 e. The first-order valence-corrected chi connectivity index (χ1v) is 8.77. The molecule has 3 rings (SSSR count). The van der Waals surface area contributed by atoms with Crippen LogP contribution in [-0.4, -0.2) is 36.0 Å². The molecule has 136 valence electrons. The Bertz CT molecular complexity index is 793. The van der Waals surface area contributed by atoms with E-state index in [1.54, 1.807) is 4.90 Å². The highest BCUT2D eigenvalue weighted by atomic mass is 35.5. The number of nitrogens with one attached hydrogen (secondary N) is 2. The number of likely N-dealkylation sites (tertiary alicyclic amines) is 1. The first-order valence-electron chi connectivity index (χ1n) is 8.40. The van der Waals surface area contributed by atoms with Gasteiger partial charge in [0.25, 0.3) is 5.91 Å². The number of carbonyl (C=O) groups excluding carboxylic acids is 2. The quantitative estimate of drug-likeness (QED) is 0.854. The van der Waals surface area contributed by atoms with Crippen LogP contribution in [0.5, 0.6) is 0 Å². The van der Waals surface area contributed by atoms with Gasteiger partial charge in [-0.05, 0) is 43.2 Å². The summed E-state index contributed by atoms with van der Waals surface area (Å²) < 4.78 is 13.1. The van der Waals surface area contributed by atoms with Gasteiger partial charge in [-0.3, -0.25) is 4.79 Å². The number of piperidine rings is 1. The van der Waals surface area contributed by atoms with E-state index in [1.807, 2.05) is 30.3 Å². The Morgan fingerprint density at radius 1 is 1.08 bits per heavy atom. The second-order valence-corrected chi connectivity index (χ2v) is 6.56. The molecule has 3 amide bonds. The van der Waals surface area contributed by atoms with Crippen LogP contribution in [0.2, 0.25) is 5.02 Å². The molecular weight excluding hydrogens is 357 g/mol. The van der Waals surface area contributed by atoms with Crippen molar-refractivity contribution in [3.05, 3.63) is 64.9 Å². The van der Waals surface area contributed by atoms with Crippen molar-refractivity contribution in [3.63, 3.8) is 0 Å². The van der Waals surface area contributed by atoms with E-state index in [4.69, 9.17) is 11.6 Å². The molecule has 1 saturated heterocycles. The van der Waals surface area contributed by atoms with Crippen LogP contribution < -0.4 is 10.6 Å². The van der Waals surface area contributed by atoms with E-state index in [-0.39, 0.29) is 28.6 Å². The number of benzene rings is 2. The monoisotopic (exact) mass is 375 g/mol. The van der Waals surface area contributed by atoms with E-state index in [0.717, 1.165) is 11.8 Å². The molecule has 2 aromatic carbocycles. The summed E-state index contributed by atoms with van der Waals surface area (Å²) in [5.41, 5.74) is 0.996. The van der Waals surface area contributed by atoms with Gasteiger partial charge in [-0.25, -0.2) is 9.18 Å². The lowest BCUT2D eigenvalue weighted by molar-refractivity contribution is 0.0919. The molecule has 1 aliphatic rings. The number of nitrogens with zero attached hydrogens (tertiary/aromatic N) is 1. The number of urea groups is 1. The normalized spacial score (nSPS) is 14.8. The highest BCUT2D eigenvalue weighted by molar-refractivity contribution is 6.33. The maximum absolute atomic E-state index is 13.1. The zero-order valence-corrected chi connectivity index (χ0v) is 14.8. The van der Waals surface area contributed by atoms with Gasteiger partial charge in [0.2, 0.25) is 0 Å². The van der Waals surface area contributed by atoms with E-state index >= 15 is 0 Å². The van der Waals surface area contributed by atoms with Crippen LogP contribution in [0.1, 0.15) is 23.2 Å². The lowest BCUT2D eigenvalue weighted by Crippen LogP contribution is -2.47. The number of anilines is 1. The molecule has 0 aliphatic carbocycles. The molecule has 0 radical (unpaired) electrons. The molecule has 2 aromatic rings. The van der Waals surface area contributed by atoms with E-state index in [0.29, 0.717) is 25.9 Å². The van der Waals surface area contributed by atoms with Gasteiger partial charge in [0.15, 0.2) is 0 Å². The van der Waals surface area contributed by atoms with Crippen molar-refractivity contribution in [1.82, 2.24) is 10.2 Å². The zero-order valence-electron chi connectivity index (χ0n) is 14.0. The summed E-state index contributed by atoms with van der Waals surface area (Å²) in [6.45, 7) is 1.08. The van der Waals surface area contributed by atoms with E-state index in [1.165, 1.54) is 12.1 Å². The minimum absolute atomic E-state index is 0.0515. The molecule has 0 aromatic heterocycles. The van der Waals surface area contributed by atoms with Crippen molar-refractivity contribution < 1.29 is 14.0 Å². The van der Waals surface area contributed by atoms with E-state index in [9.17, 15) is 14.0 Å². The topological polar surface area (TPSA) is 61.4 Å². The summed E-state index contributed by atoms with van der Waals surface area (Å²) in [5, 5.41) is 5.84. The van der Waals surface area contributed by atoms with Gasteiger partial charge in [0, 0.05) is 24.8 Å². The van der Waals surface area contributed by atoms with Crippen molar-refractivity contribution in [3.8, 4) is 0 Å². The van der Waals surface area contributed by atoms with Gasteiger partial charge in [-0.1, -0.05) is 29.8 Å². The fraction of sp³-hybridized carbons (Fsp3) is 0.263. The molecule has 1 heterocycles. The third-order valence-corrected chi connectivity index (χ3v) is 4.63. The number of amides is 3. The largest absolute Gasteiger partial charge is 0.349 e. The molecule has 0 bridgehead atoms. The number of para-hydroxylation sites is 1. The van der Waals surface area contributed by atoms with Crippen LogP contribution in [-0.2, 0) is 0 Å².